The highest BCUT2D eigenvalue weighted by Crippen LogP contribution is 2.20. The number of rotatable bonds is 8. The Morgan fingerprint density at radius 2 is 1.81 bits per heavy atom. The van der Waals surface area contributed by atoms with E-state index in [1.165, 1.54) is 7.11 Å². The lowest BCUT2D eigenvalue weighted by molar-refractivity contribution is -0.146. The van der Waals surface area contributed by atoms with Gasteiger partial charge in [-0.2, -0.15) is 0 Å². The van der Waals surface area contributed by atoms with Crippen LogP contribution in [0.2, 0.25) is 0 Å². The number of nitrogens with one attached hydrogen (secondary N) is 2. The summed E-state index contributed by atoms with van der Waals surface area (Å²) in [4.78, 5) is 29.4. The van der Waals surface area contributed by atoms with Gasteiger partial charge in [0, 0.05) is 29.6 Å². The zero-order valence-electron chi connectivity index (χ0n) is 18.0. The van der Waals surface area contributed by atoms with E-state index in [-0.39, 0.29) is 11.7 Å². The fourth-order valence-electron chi connectivity index (χ4n) is 3.47. The Morgan fingerprint density at radius 3 is 2.44 bits per heavy atom. The largest absolute Gasteiger partial charge is 0.469 e. The molecule has 0 fully saturated rings. The summed E-state index contributed by atoms with van der Waals surface area (Å²) in [6.07, 6.45) is 3.81. The van der Waals surface area contributed by atoms with Crippen LogP contribution in [0.25, 0.3) is 11.1 Å². The van der Waals surface area contributed by atoms with E-state index in [1.807, 2.05) is 30.3 Å². The number of amides is 1. The number of esters is 1. The second kappa shape index (κ2) is 10.3. The molecule has 7 nitrogen and oxygen atoms in total. The highest BCUT2D eigenvalue weighted by atomic mass is 16.5. The maximum absolute atomic E-state index is 12.8. The number of ether oxygens (including phenoxy) is 1. The molecule has 3 aromatic rings. The van der Waals surface area contributed by atoms with Gasteiger partial charge in [0.2, 0.25) is 0 Å². The molecule has 1 unspecified atom stereocenters. The van der Waals surface area contributed by atoms with Crippen molar-refractivity contribution >= 4 is 17.7 Å². The van der Waals surface area contributed by atoms with E-state index in [4.69, 9.17) is 15.9 Å². The molecule has 0 aliphatic carbocycles. The molecule has 2 atom stereocenters. The topological polar surface area (TPSA) is 118 Å². The molecule has 1 amide bonds. The van der Waals surface area contributed by atoms with Crippen molar-refractivity contribution in [3.8, 4) is 11.1 Å². The quantitative estimate of drug-likeness (QED) is 0.288. The van der Waals surface area contributed by atoms with E-state index >= 15 is 0 Å². The molecule has 0 saturated carbocycles. The summed E-state index contributed by atoms with van der Waals surface area (Å²) in [6.45, 7) is 1.78. The van der Waals surface area contributed by atoms with Crippen LogP contribution >= 0.6 is 0 Å². The number of amidine groups is 1. The average molecular weight is 431 g/mol. The molecule has 0 aliphatic heterocycles. The van der Waals surface area contributed by atoms with E-state index in [0.29, 0.717) is 17.5 Å². The van der Waals surface area contributed by atoms with Crippen molar-refractivity contribution in [2.24, 2.45) is 11.7 Å². The number of benzene rings is 2. The molecule has 0 radical (unpaired) electrons. The molecule has 4 N–H and O–H groups in total. The molecule has 0 spiro atoms. The zero-order chi connectivity index (χ0) is 23.1. The zero-order valence-corrected chi connectivity index (χ0v) is 18.0. The van der Waals surface area contributed by atoms with Gasteiger partial charge in [0.15, 0.2) is 0 Å². The lowest BCUT2D eigenvalue weighted by Gasteiger charge is -2.23. The van der Waals surface area contributed by atoms with Crippen LogP contribution in [-0.2, 0) is 16.0 Å². The van der Waals surface area contributed by atoms with Gasteiger partial charge in [0.05, 0.1) is 13.0 Å². The van der Waals surface area contributed by atoms with E-state index in [2.05, 4.69) is 10.3 Å². The number of carbonyl (C=O) groups is 2. The Balaban J connectivity index is 1.72. The fourth-order valence-corrected chi connectivity index (χ4v) is 3.47. The van der Waals surface area contributed by atoms with Crippen molar-refractivity contribution in [3.05, 3.63) is 89.7 Å². The highest BCUT2D eigenvalue weighted by molar-refractivity contribution is 5.95. The predicted octanol–water partition coefficient (Wildman–Crippen LogP) is 3.18. The highest BCUT2D eigenvalue weighted by Gasteiger charge is 2.28. The predicted molar refractivity (Wildman–Crippen MR) is 123 cm³/mol. The van der Waals surface area contributed by atoms with E-state index in [0.717, 1.165) is 16.7 Å². The number of carbonyl (C=O) groups excluding carboxylic acids is 2. The van der Waals surface area contributed by atoms with Crippen molar-refractivity contribution in [2.45, 2.75) is 19.4 Å². The minimum absolute atomic E-state index is 0.0439. The van der Waals surface area contributed by atoms with Crippen molar-refractivity contribution < 1.29 is 14.3 Å². The summed E-state index contributed by atoms with van der Waals surface area (Å²) in [5.41, 5.74) is 9.39. The molecule has 164 valence electrons. The number of methoxy groups -OCH3 is 1. The van der Waals surface area contributed by atoms with Crippen molar-refractivity contribution in [1.29, 1.82) is 5.41 Å². The number of nitrogens with two attached hydrogens (primary N) is 1. The van der Waals surface area contributed by atoms with Crippen LogP contribution in [0.1, 0.15) is 28.4 Å². The minimum atomic E-state index is -0.596. The number of aromatic nitrogens is 1. The first-order chi connectivity index (χ1) is 15.4. The summed E-state index contributed by atoms with van der Waals surface area (Å²) in [6, 6.07) is 17.7. The van der Waals surface area contributed by atoms with Gasteiger partial charge in [-0.1, -0.05) is 36.4 Å². The molecule has 1 heterocycles. The first-order valence-electron chi connectivity index (χ1n) is 10.2. The number of nitrogen functional groups attached to an aromatic ring is 1. The number of nitrogens with zero attached hydrogens (tertiary/aromatic N) is 1. The van der Waals surface area contributed by atoms with Crippen molar-refractivity contribution in [1.82, 2.24) is 10.3 Å². The van der Waals surface area contributed by atoms with Gasteiger partial charge in [-0.15, -0.1) is 0 Å². The molecule has 32 heavy (non-hydrogen) atoms. The van der Waals surface area contributed by atoms with Crippen LogP contribution in [0.15, 0.2) is 73.1 Å². The summed E-state index contributed by atoms with van der Waals surface area (Å²) in [5.74, 6) is -1.34. The lowest BCUT2D eigenvalue weighted by atomic mass is 9.92. The van der Waals surface area contributed by atoms with Gasteiger partial charge in [0.1, 0.15) is 5.84 Å². The molecule has 3 rings (SSSR count). The SMILES string of the molecule is COC(=O)[C@H](Cc1cccc(C(=N)N)c1)C(C)NC(=O)c1ccc(-c2cccnc2)cc1. The second-order valence-corrected chi connectivity index (χ2v) is 7.53. The summed E-state index contributed by atoms with van der Waals surface area (Å²) < 4.78 is 4.97. The molecular formula is C25H26N4O3. The van der Waals surface area contributed by atoms with Gasteiger partial charge in [-0.3, -0.25) is 20.0 Å². The van der Waals surface area contributed by atoms with Crippen LogP contribution in [-0.4, -0.2) is 35.8 Å². The molecule has 0 aliphatic rings. The van der Waals surface area contributed by atoms with Crippen LogP contribution in [0.3, 0.4) is 0 Å². The molecule has 0 bridgehead atoms. The molecule has 2 aromatic carbocycles. The van der Waals surface area contributed by atoms with E-state index in [9.17, 15) is 9.59 Å². The molecule has 0 saturated heterocycles. The van der Waals surface area contributed by atoms with Crippen LogP contribution < -0.4 is 11.1 Å². The van der Waals surface area contributed by atoms with Crippen LogP contribution in [0.4, 0.5) is 0 Å². The third-order valence-electron chi connectivity index (χ3n) is 5.30. The van der Waals surface area contributed by atoms with Gasteiger partial charge in [-0.05, 0) is 54.3 Å². The Labute approximate surface area is 187 Å². The van der Waals surface area contributed by atoms with Crippen molar-refractivity contribution in [2.75, 3.05) is 7.11 Å². The normalized spacial score (nSPS) is 12.4. The van der Waals surface area contributed by atoms with Gasteiger partial charge >= 0.3 is 5.97 Å². The standard InChI is InChI=1S/C25H26N4O3/c1-16(22(25(31)32-2)14-17-5-3-6-20(13-17)23(26)27)29-24(30)19-10-8-18(9-11-19)21-7-4-12-28-15-21/h3-13,15-16,22H,14H2,1-2H3,(H3,26,27)(H,29,30)/t16?,22-/m1/s1. The first kappa shape index (κ1) is 22.7. The van der Waals surface area contributed by atoms with Gasteiger partial charge < -0.3 is 15.8 Å². The number of hydrogen-bond acceptors (Lipinski definition) is 5. The molecular weight excluding hydrogens is 404 g/mol. The maximum Gasteiger partial charge on any atom is 0.311 e. The maximum atomic E-state index is 12.8. The van der Waals surface area contributed by atoms with Gasteiger partial charge in [0.25, 0.3) is 5.91 Å². The lowest BCUT2D eigenvalue weighted by Crippen LogP contribution is -2.42. The van der Waals surface area contributed by atoms with Gasteiger partial charge in [-0.25, -0.2) is 0 Å². The fraction of sp³-hybridized carbons (Fsp3) is 0.200. The number of pyridine rings is 1. The Hall–Kier alpha value is -4.00. The third kappa shape index (κ3) is 5.57. The average Bonchev–Trinajstić information content (AvgIpc) is 2.82. The van der Waals surface area contributed by atoms with E-state index < -0.39 is 17.9 Å². The number of hydrogen-bond donors (Lipinski definition) is 3. The monoisotopic (exact) mass is 430 g/mol. The molecule has 1 aromatic heterocycles. The molecule has 7 heteroatoms. The Kier molecular flexibility index (Phi) is 7.33. The summed E-state index contributed by atoms with van der Waals surface area (Å²) >= 11 is 0. The Morgan fingerprint density at radius 1 is 1.06 bits per heavy atom. The summed E-state index contributed by atoms with van der Waals surface area (Å²) in [7, 11) is 1.33. The smallest absolute Gasteiger partial charge is 0.311 e. The first-order valence-corrected chi connectivity index (χ1v) is 10.2. The van der Waals surface area contributed by atoms with Crippen LogP contribution in [0.5, 0.6) is 0 Å². The third-order valence-corrected chi connectivity index (χ3v) is 5.30. The second-order valence-electron chi connectivity index (χ2n) is 7.53. The summed E-state index contributed by atoms with van der Waals surface area (Å²) in [5, 5.41) is 10.5. The Bertz CT molecular complexity index is 1100. The minimum Gasteiger partial charge on any atom is -0.469 e. The van der Waals surface area contributed by atoms with Crippen molar-refractivity contribution in [3.63, 3.8) is 0 Å². The van der Waals surface area contributed by atoms with Crippen LogP contribution in [0, 0.1) is 11.3 Å². The van der Waals surface area contributed by atoms with E-state index in [1.54, 1.807) is 49.6 Å².